The van der Waals surface area contributed by atoms with Crippen molar-refractivity contribution in [1.29, 1.82) is 0 Å². The Hall–Kier alpha value is -2.62. The van der Waals surface area contributed by atoms with E-state index in [0.717, 1.165) is 5.69 Å². The number of hydrazone groups is 1. The Labute approximate surface area is 105 Å². The fraction of sp³-hybridized carbons (Fsp3) is 0. The van der Waals surface area contributed by atoms with Gasteiger partial charge in [-0.1, -0.05) is 48.5 Å². The topological polar surface area (TPSA) is 61.7 Å². The molecule has 18 heavy (non-hydrogen) atoms. The highest BCUT2D eigenvalue weighted by Crippen LogP contribution is 2.07. The standard InChI is InChI=1S/C14H12N2O2/c17-14(18)13(11-7-3-1-4-8-11)16-15-12-9-5-2-6-10-12/h1-10,15H,(H,17,18)/b16-13+. The molecule has 0 radical (unpaired) electrons. The van der Waals surface area contributed by atoms with Gasteiger partial charge >= 0.3 is 5.97 Å². The molecule has 0 saturated carbocycles. The zero-order chi connectivity index (χ0) is 12.8. The van der Waals surface area contributed by atoms with Crippen molar-refractivity contribution in [3.05, 3.63) is 66.2 Å². The second-order valence-corrected chi connectivity index (χ2v) is 3.61. The lowest BCUT2D eigenvalue weighted by atomic mass is 10.1. The maximum atomic E-state index is 11.2. The minimum atomic E-state index is -1.07. The van der Waals surface area contributed by atoms with Crippen molar-refractivity contribution in [2.24, 2.45) is 5.10 Å². The lowest BCUT2D eigenvalue weighted by molar-refractivity contribution is -0.129. The number of hydrogen-bond donors (Lipinski definition) is 2. The van der Waals surface area contributed by atoms with Crippen LogP contribution < -0.4 is 5.43 Å². The van der Waals surface area contributed by atoms with Gasteiger partial charge in [0.05, 0.1) is 5.69 Å². The first kappa shape index (κ1) is 11.9. The molecular weight excluding hydrogens is 228 g/mol. The van der Waals surface area contributed by atoms with Gasteiger partial charge in [0.1, 0.15) is 0 Å². The molecule has 0 aliphatic carbocycles. The lowest BCUT2D eigenvalue weighted by Gasteiger charge is -2.03. The predicted octanol–water partition coefficient (Wildman–Crippen LogP) is 2.59. The first-order valence-electron chi connectivity index (χ1n) is 5.45. The zero-order valence-electron chi connectivity index (χ0n) is 9.58. The maximum absolute atomic E-state index is 11.2. The largest absolute Gasteiger partial charge is 0.476 e. The molecule has 0 aliphatic heterocycles. The van der Waals surface area contributed by atoms with Crippen LogP contribution in [0.25, 0.3) is 0 Å². The Morgan fingerprint density at radius 3 is 2.06 bits per heavy atom. The second-order valence-electron chi connectivity index (χ2n) is 3.61. The third-order valence-corrected chi connectivity index (χ3v) is 2.32. The summed E-state index contributed by atoms with van der Waals surface area (Å²) in [6.07, 6.45) is 0. The summed E-state index contributed by atoms with van der Waals surface area (Å²) in [5.41, 5.74) is 4.02. The molecule has 2 aromatic carbocycles. The number of para-hydroxylation sites is 1. The minimum absolute atomic E-state index is 0.0144. The van der Waals surface area contributed by atoms with Gasteiger partial charge in [0.15, 0.2) is 5.71 Å². The molecule has 0 atom stereocenters. The molecule has 0 fully saturated rings. The molecule has 2 rings (SSSR count). The highest BCUT2D eigenvalue weighted by molar-refractivity contribution is 6.42. The summed E-state index contributed by atoms with van der Waals surface area (Å²) in [6.45, 7) is 0. The van der Waals surface area contributed by atoms with Crippen molar-refractivity contribution in [3.63, 3.8) is 0 Å². The van der Waals surface area contributed by atoms with Crippen molar-refractivity contribution < 1.29 is 9.90 Å². The average molecular weight is 240 g/mol. The number of carboxylic acids is 1. The van der Waals surface area contributed by atoms with E-state index in [-0.39, 0.29) is 5.71 Å². The fourth-order valence-electron chi connectivity index (χ4n) is 1.47. The lowest BCUT2D eigenvalue weighted by Crippen LogP contribution is -2.16. The highest BCUT2D eigenvalue weighted by atomic mass is 16.4. The van der Waals surface area contributed by atoms with Crippen molar-refractivity contribution in [2.75, 3.05) is 5.43 Å². The molecule has 0 unspecified atom stereocenters. The van der Waals surface area contributed by atoms with Gasteiger partial charge in [0.2, 0.25) is 0 Å². The smallest absolute Gasteiger partial charge is 0.356 e. The molecule has 0 heterocycles. The molecule has 0 amide bonds. The zero-order valence-corrected chi connectivity index (χ0v) is 9.58. The molecule has 0 bridgehead atoms. The van der Waals surface area contributed by atoms with Crippen LogP contribution in [0.1, 0.15) is 5.56 Å². The number of aliphatic carboxylic acids is 1. The number of carbonyl (C=O) groups is 1. The first-order chi connectivity index (χ1) is 8.77. The summed E-state index contributed by atoms with van der Waals surface area (Å²) in [6, 6.07) is 18.0. The Morgan fingerprint density at radius 2 is 1.50 bits per heavy atom. The number of carboxylic acid groups (broad SMARTS) is 1. The molecule has 0 saturated heterocycles. The van der Waals surface area contributed by atoms with E-state index in [1.807, 2.05) is 36.4 Å². The SMILES string of the molecule is O=C(O)/C(=N/Nc1ccccc1)c1ccccc1. The van der Waals surface area contributed by atoms with Crippen LogP contribution in [0, 0.1) is 0 Å². The van der Waals surface area contributed by atoms with Gasteiger partial charge in [-0.25, -0.2) is 4.79 Å². The van der Waals surface area contributed by atoms with E-state index in [4.69, 9.17) is 5.11 Å². The van der Waals surface area contributed by atoms with E-state index >= 15 is 0 Å². The van der Waals surface area contributed by atoms with Gasteiger partial charge in [-0.05, 0) is 12.1 Å². The fourth-order valence-corrected chi connectivity index (χ4v) is 1.47. The first-order valence-corrected chi connectivity index (χ1v) is 5.45. The minimum Gasteiger partial charge on any atom is -0.476 e. The van der Waals surface area contributed by atoms with E-state index in [0.29, 0.717) is 5.56 Å². The monoisotopic (exact) mass is 240 g/mol. The summed E-state index contributed by atoms with van der Waals surface area (Å²) in [4.78, 5) is 11.2. The van der Waals surface area contributed by atoms with Crippen LogP contribution in [0.5, 0.6) is 0 Å². The summed E-state index contributed by atoms with van der Waals surface area (Å²) in [5.74, 6) is -1.07. The quantitative estimate of drug-likeness (QED) is 0.637. The molecule has 0 aliphatic rings. The summed E-state index contributed by atoms with van der Waals surface area (Å²) >= 11 is 0. The van der Waals surface area contributed by atoms with E-state index in [1.165, 1.54) is 0 Å². The molecule has 2 N–H and O–H groups in total. The number of nitrogens with one attached hydrogen (secondary N) is 1. The number of hydrogen-bond acceptors (Lipinski definition) is 3. The van der Waals surface area contributed by atoms with Crippen LogP contribution in [0.3, 0.4) is 0 Å². The van der Waals surface area contributed by atoms with Crippen molar-refractivity contribution in [1.82, 2.24) is 0 Å². The molecule has 2 aromatic rings. The van der Waals surface area contributed by atoms with Crippen LogP contribution >= 0.6 is 0 Å². The van der Waals surface area contributed by atoms with E-state index in [1.54, 1.807) is 24.3 Å². The highest BCUT2D eigenvalue weighted by Gasteiger charge is 2.11. The van der Waals surface area contributed by atoms with Crippen LogP contribution in [0.4, 0.5) is 5.69 Å². The summed E-state index contributed by atoms with van der Waals surface area (Å²) < 4.78 is 0. The molecule has 4 nitrogen and oxygen atoms in total. The van der Waals surface area contributed by atoms with E-state index in [2.05, 4.69) is 10.5 Å². The van der Waals surface area contributed by atoms with Gasteiger partial charge in [0.25, 0.3) is 0 Å². The van der Waals surface area contributed by atoms with Gasteiger partial charge in [-0.3, -0.25) is 5.43 Å². The van der Waals surface area contributed by atoms with Gasteiger partial charge in [0, 0.05) is 5.56 Å². The average Bonchev–Trinajstić information content (AvgIpc) is 2.41. The maximum Gasteiger partial charge on any atom is 0.356 e. The third kappa shape index (κ3) is 2.95. The van der Waals surface area contributed by atoms with Crippen LogP contribution in [0.2, 0.25) is 0 Å². The number of rotatable bonds is 4. The third-order valence-electron chi connectivity index (χ3n) is 2.32. The van der Waals surface area contributed by atoms with Gasteiger partial charge < -0.3 is 5.11 Å². The van der Waals surface area contributed by atoms with Crippen LogP contribution in [0.15, 0.2) is 65.8 Å². The Morgan fingerprint density at radius 1 is 0.944 bits per heavy atom. The number of nitrogens with zero attached hydrogens (tertiary/aromatic N) is 1. The predicted molar refractivity (Wildman–Crippen MR) is 70.7 cm³/mol. The van der Waals surface area contributed by atoms with E-state index < -0.39 is 5.97 Å². The normalized spacial score (nSPS) is 11.0. The Bertz CT molecular complexity index is 551. The van der Waals surface area contributed by atoms with E-state index in [9.17, 15) is 4.79 Å². The Kier molecular flexibility index (Phi) is 3.71. The van der Waals surface area contributed by atoms with Crippen molar-refractivity contribution in [3.8, 4) is 0 Å². The van der Waals surface area contributed by atoms with Crippen LogP contribution in [-0.2, 0) is 4.79 Å². The van der Waals surface area contributed by atoms with Gasteiger partial charge in [-0.2, -0.15) is 5.10 Å². The molecule has 0 aromatic heterocycles. The van der Waals surface area contributed by atoms with Crippen molar-refractivity contribution >= 4 is 17.4 Å². The van der Waals surface area contributed by atoms with Gasteiger partial charge in [-0.15, -0.1) is 0 Å². The molecule has 90 valence electrons. The van der Waals surface area contributed by atoms with Crippen LogP contribution in [-0.4, -0.2) is 16.8 Å². The summed E-state index contributed by atoms with van der Waals surface area (Å²) in [7, 11) is 0. The molecule has 4 heteroatoms. The summed E-state index contributed by atoms with van der Waals surface area (Å²) in [5, 5.41) is 13.1. The number of anilines is 1. The second kappa shape index (κ2) is 5.63. The Balaban J connectivity index is 2.24. The number of benzene rings is 2. The molecule has 0 spiro atoms. The molecular formula is C14H12N2O2. The van der Waals surface area contributed by atoms with Crippen molar-refractivity contribution in [2.45, 2.75) is 0 Å².